The van der Waals surface area contributed by atoms with Gasteiger partial charge in [0.05, 0.1) is 22.4 Å². The third-order valence-corrected chi connectivity index (χ3v) is 7.10. The van der Waals surface area contributed by atoms with Crippen molar-refractivity contribution in [2.75, 3.05) is 44.4 Å². The number of ether oxygens (including phenoxy) is 1. The minimum atomic E-state index is -0.509. The van der Waals surface area contributed by atoms with Crippen LogP contribution in [0, 0.1) is 17.0 Å². The molecule has 2 heterocycles. The van der Waals surface area contributed by atoms with Crippen molar-refractivity contribution in [2.45, 2.75) is 33.3 Å². The molecule has 0 radical (unpaired) electrons. The fourth-order valence-corrected chi connectivity index (χ4v) is 4.52. The van der Waals surface area contributed by atoms with E-state index in [0.717, 1.165) is 28.6 Å². The Hall–Kier alpha value is -4.51. The van der Waals surface area contributed by atoms with Crippen LogP contribution in [0.2, 0.25) is 0 Å². The molecule has 4 aromatic rings. The van der Waals surface area contributed by atoms with Gasteiger partial charge in [0.25, 0.3) is 5.69 Å². The monoisotopic (exact) mass is 559 g/mol. The molecular weight excluding hydrogens is 522 g/mol. The van der Waals surface area contributed by atoms with Gasteiger partial charge in [0.2, 0.25) is 5.95 Å². The smallest absolute Gasteiger partial charge is 0.342 e. The van der Waals surface area contributed by atoms with Crippen LogP contribution < -0.4 is 10.2 Å². The molecule has 2 aromatic heterocycles. The predicted molar refractivity (Wildman–Crippen MR) is 162 cm³/mol. The van der Waals surface area contributed by atoms with E-state index in [9.17, 15) is 14.9 Å². The number of esters is 1. The fraction of sp³-hybridized carbons (Fsp3) is 0.367. The van der Waals surface area contributed by atoms with Crippen LogP contribution in [-0.2, 0) is 11.8 Å². The van der Waals surface area contributed by atoms with Crippen LogP contribution in [0.1, 0.15) is 36.2 Å². The molecule has 0 saturated carbocycles. The van der Waals surface area contributed by atoms with Crippen LogP contribution in [0.4, 0.5) is 23.0 Å². The number of para-hydroxylation sites is 1. The van der Waals surface area contributed by atoms with Gasteiger partial charge in [0.15, 0.2) is 0 Å². The van der Waals surface area contributed by atoms with E-state index < -0.39 is 5.97 Å². The number of carbonyl (C=O) groups excluding carboxylic acids is 1. The number of nitrogens with zero attached hydrogens (tertiary/aromatic N) is 6. The summed E-state index contributed by atoms with van der Waals surface area (Å²) in [6, 6.07) is 11.2. The second kappa shape index (κ2) is 12.3. The van der Waals surface area contributed by atoms with Crippen LogP contribution in [0.25, 0.3) is 22.2 Å². The number of nitro benzene ring substituents is 1. The Morgan fingerprint density at radius 1 is 1.20 bits per heavy atom. The van der Waals surface area contributed by atoms with E-state index in [2.05, 4.69) is 10.3 Å². The normalized spacial score (nSPS) is 12.0. The molecule has 1 unspecified atom stereocenters. The molecule has 0 fully saturated rings. The Bertz CT molecular complexity index is 1580. The number of hydrogen-bond acceptors (Lipinski definition) is 9. The topological polar surface area (TPSA) is 119 Å². The van der Waals surface area contributed by atoms with Crippen molar-refractivity contribution >= 4 is 39.9 Å². The van der Waals surface area contributed by atoms with Crippen molar-refractivity contribution in [1.29, 1.82) is 0 Å². The Morgan fingerprint density at radius 3 is 2.61 bits per heavy atom. The van der Waals surface area contributed by atoms with Gasteiger partial charge in [-0.15, -0.1) is 0 Å². The molecule has 11 heteroatoms. The van der Waals surface area contributed by atoms with Gasteiger partial charge in [-0.1, -0.05) is 25.1 Å². The number of rotatable bonds is 11. The lowest BCUT2D eigenvalue weighted by Crippen LogP contribution is -2.29. The third-order valence-electron chi connectivity index (χ3n) is 7.10. The first kappa shape index (κ1) is 29.5. The number of nitro groups is 1. The lowest BCUT2D eigenvalue weighted by atomic mass is 10.1. The third kappa shape index (κ3) is 6.46. The number of fused-ring (bicyclic) bond motifs is 1. The van der Waals surface area contributed by atoms with Gasteiger partial charge in [-0.25, -0.2) is 14.8 Å². The van der Waals surface area contributed by atoms with E-state index in [1.165, 1.54) is 12.3 Å². The molecule has 1 atom stereocenters. The predicted octanol–water partition coefficient (Wildman–Crippen LogP) is 5.55. The molecule has 11 nitrogen and oxygen atoms in total. The zero-order chi connectivity index (χ0) is 29.8. The Labute approximate surface area is 239 Å². The number of anilines is 3. The molecule has 4 rings (SSSR count). The number of likely N-dealkylation sites (N-methyl/N-ethyl adjacent to an activating group) is 2. The Kier molecular flexibility index (Phi) is 8.87. The second-order valence-electron chi connectivity index (χ2n) is 10.5. The van der Waals surface area contributed by atoms with Gasteiger partial charge in [-0.2, -0.15) is 0 Å². The maximum absolute atomic E-state index is 13.2. The van der Waals surface area contributed by atoms with E-state index in [-0.39, 0.29) is 28.2 Å². The van der Waals surface area contributed by atoms with Gasteiger partial charge in [0, 0.05) is 62.1 Å². The first-order valence-electron chi connectivity index (χ1n) is 13.5. The fourth-order valence-electron chi connectivity index (χ4n) is 4.52. The Balaban J connectivity index is 1.78. The largest absolute Gasteiger partial charge is 0.459 e. The highest BCUT2D eigenvalue weighted by Gasteiger charge is 2.24. The minimum Gasteiger partial charge on any atom is -0.459 e. The number of carbonyl (C=O) groups is 1. The highest BCUT2D eigenvalue weighted by Crippen LogP contribution is 2.36. The number of aromatic nitrogens is 3. The number of hydrogen-bond donors (Lipinski definition) is 1. The summed E-state index contributed by atoms with van der Waals surface area (Å²) in [5.74, 6) is -0.301. The van der Waals surface area contributed by atoms with E-state index in [4.69, 9.17) is 9.72 Å². The molecule has 216 valence electrons. The molecule has 0 bridgehead atoms. The standard InChI is InChI=1S/C30H37N7O4/c1-8-20(3)41-29(38)22-17-31-30(33-28(22)23-18-36(7)25-12-10-9-11-21(23)25)32-24-16-27(37(39)40)26(15-19(24)2)35(6)14-13-34(4)5/h9-12,15-18,20H,8,13-14H2,1-7H3,(H,31,32,33). The molecule has 0 aliphatic rings. The average molecular weight is 560 g/mol. The summed E-state index contributed by atoms with van der Waals surface area (Å²) in [5, 5.41) is 16.1. The maximum atomic E-state index is 13.2. The van der Waals surface area contributed by atoms with Crippen LogP contribution in [0.5, 0.6) is 0 Å². The average Bonchev–Trinajstić information content (AvgIpc) is 3.28. The summed E-state index contributed by atoms with van der Waals surface area (Å²) in [4.78, 5) is 37.9. The summed E-state index contributed by atoms with van der Waals surface area (Å²) >= 11 is 0. The zero-order valence-corrected chi connectivity index (χ0v) is 24.6. The molecule has 0 saturated heterocycles. The van der Waals surface area contributed by atoms with Gasteiger partial charge in [0.1, 0.15) is 11.3 Å². The SMILES string of the molecule is CCC(C)OC(=O)c1cnc(Nc2cc([N+](=O)[O-])c(N(C)CCN(C)C)cc2C)nc1-c1cn(C)c2ccccc12. The number of aryl methyl sites for hydroxylation is 2. The second-order valence-corrected chi connectivity index (χ2v) is 10.5. The van der Waals surface area contributed by atoms with Gasteiger partial charge in [-0.05, 0) is 52.1 Å². The van der Waals surface area contributed by atoms with E-state index >= 15 is 0 Å². The Morgan fingerprint density at radius 2 is 1.93 bits per heavy atom. The van der Waals surface area contributed by atoms with E-state index in [0.29, 0.717) is 30.0 Å². The van der Waals surface area contributed by atoms with Gasteiger partial charge < -0.3 is 24.4 Å². The lowest BCUT2D eigenvalue weighted by molar-refractivity contribution is -0.384. The maximum Gasteiger partial charge on any atom is 0.342 e. The van der Waals surface area contributed by atoms with Crippen molar-refractivity contribution in [3.63, 3.8) is 0 Å². The van der Waals surface area contributed by atoms with Crippen molar-refractivity contribution < 1.29 is 14.5 Å². The van der Waals surface area contributed by atoms with E-state index in [1.807, 2.05) is 93.8 Å². The van der Waals surface area contributed by atoms with Gasteiger partial charge >= 0.3 is 5.97 Å². The molecule has 0 aliphatic carbocycles. The van der Waals surface area contributed by atoms with Crippen LogP contribution in [-0.4, -0.2) is 70.7 Å². The first-order chi connectivity index (χ1) is 19.5. The first-order valence-corrected chi connectivity index (χ1v) is 13.5. The summed E-state index contributed by atoms with van der Waals surface area (Å²) < 4.78 is 7.60. The van der Waals surface area contributed by atoms with E-state index in [1.54, 1.807) is 6.07 Å². The van der Waals surface area contributed by atoms with Crippen molar-refractivity contribution in [3.8, 4) is 11.3 Å². The molecule has 1 N–H and O–H groups in total. The molecule has 2 aromatic carbocycles. The summed E-state index contributed by atoms with van der Waals surface area (Å²) in [6.07, 6.45) is 3.78. The van der Waals surface area contributed by atoms with Crippen LogP contribution in [0.15, 0.2) is 48.8 Å². The summed E-state index contributed by atoms with van der Waals surface area (Å²) in [7, 11) is 7.70. The molecule has 0 amide bonds. The lowest BCUT2D eigenvalue weighted by Gasteiger charge is -2.22. The zero-order valence-electron chi connectivity index (χ0n) is 24.6. The number of nitrogens with one attached hydrogen (secondary N) is 1. The quantitative estimate of drug-likeness (QED) is 0.143. The minimum absolute atomic E-state index is 0.0256. The van der Waals surface area contributed by atoms with Crippen molar-refractivity contribution in [3.05, 3.63) is 70.0 Å². The highest BCUT2D eigenvalue weighted by atomic mass is 16.6. The van der Waals surface area contributed by atoms with Crippen molar-refractivity contribution in [2.24, 2.45) is 7.05 Å². The summed E-state index contributed by atoms with van der Waals surface area (Å²) in [5.41, 5.74) is 4.19. The number of benzene rings is 2. The molecule has 0 aliphatic heterocycles. The van der Waals surface area contributed by atoms with Crippen LogP contribution >= 0.6 is 0 Å². The van der Waals surface area contributed by atoms with Crippen molar-refractivity contribution in [1.82, 2.24) is 19.4 Å². The molecule has 41 heavy (non-hydrogen) atoms. The van der Waals surface area contributed by atoms with Crippen LogP contribution in [0.3, 0.4) is 0 Å². The van der Waals surface area contributed by atoms with Gasteiger partial charge in [-0.3, -0.25) is 10.1 Å². The molecule has 0 spiro atoms. The molecular formula is C30H37N7O4. The summed E-state index contributed by atoms with van der Waals surface area (Å²) in [6.45, 7) is 7.04. The highest BCUT2D eigenvalue weighted by molar-refractivity contribution is 6.03.